The van der Waals surface area contributed by atoms with Gasteiger partial charge < -0.3 is 14.8 Å². The maximum Gasteiger partial charge on any atom is 0.274 e. The van der Waals surface area contributed by atoms with E-state index in [0.29, 0.717) is 13.1 Å². The van der Waals surface area contributed by atoms with Crippen molar-refractivity contribution in [2.75, 3.05) is 25.0 Å². The molecule has 1 aromatic carbocycles. The largest absolute Gasteiger partial charge is 0.339 e. The van der Waals surface area contributed by atoms with Gasteiger partial charge in [-0.3, -0.25) is 28.9 Å². The first-order valence-corrected chi connectivity index (χ1v) is 9.62. The van der Waals surface area contributed by atoms with E-state index in [2.05, 4.69) is 5.32 Å². The molecule has 2 aliphatic heterocycles. The molecule has 4 amide bonds. The third kappa shape index (κ3) is 3.38. The maximum atomic E-state index is 12.6. The fourth-order valence-electron chi connectivity index (χ4n) is 3.74. The molecule has 0 bridgehead atoms. The van der Waals surface area contributed by atoms with Gasteiger partial charge in [0.2, 0.25) is 5.91 Å². The number of carbonyl (C=O) groups excluding carboxylic acids is 4. The zero-order valence-corrected chi connectivity index (χ0v) is 16.4. The van der Waals surface area contributed by atoms with Crippen LogP contribution in [0.3, 0.4) is 0 Å². The van der Waals surface area contributed by atoms with Crippen LogP contribution >= 0.6 is 0 Å². The number of hydrogen-bond donors (Lipinski definition) is 1. The first-order valence-electron chi connectivity index (χ1n) is 9.62. The highest BCUT2D eigenvalue weighted by Crippen LogP contribution is 2.22. The smallest absolute Gasteiger partial charge is 0.274 e. The summed E-state index contributed by atoms with van der Waals surface area (Å²) in [6.07, 6.45) is 3.30. The van der Waals surface area contributed by atoms with Crippen molar-refractivity contribution in [2.45, 2.75) is 12.8 Å². The number of benzene rings is 1. The highest BCUT2D eigenvalue weighted by atomic mass is 16.2. The van der Waals surface area contributed by atoms with Crippen LogP contribution in [0, 0.1) is 0 Å². The average molecular weight is 408 g/mol. The van der Waals surface area contributed by atoms with Crippen LogP contribution in [0.2, 0.25) is 0 Å². The summed E-state index contributed by atoms with van der Waals surface area (Å²) in [7, 11) is 1.49. The lowest BCUT2D eigenvalue weighted by Gasteiger charge is -2.17. The molecule has 0 radical (unpaired) electrons. The summed E-state index contributed by atoms with van der Waals surface area (Å²) >= 11 is 0. The molecule has 0 unspecified atom stereocenters. The van der Waals surface area contributed by atoms with Crippen LogP contribution in [-0.2, 0) is 11.8 Å². The predicted octanol–water partition coefficient (Wildman–Crippen LogP) is 0.856. The molecular weight excluding hydrogens is 388 g/mol. The Kier molecular flexibility index (Phi) is 4.94. The number of rotatable bonds is 4. The van der Waals surface area contributed by atoms with Crippen LogP contribution in [0.5, 0.6) is 0 Å². The number of fused-ring (bicyclic) bond motifs is 1. The molecule has 0 spiro atoms. The Hall–Kier alpha value is -3.75. The number of likely N-dealkylation sites (tertiary alicyclic amines) is 1. The van der Waals surface area contributed by atoms with Crippen molar-refractivity contribution in [2.24, 2.45) is 7.05 Å². The number of nitrogens with one attached hydrogen (secondary N) is 1. The van der Waals surface area contributed by atoms with Gasteiger partial charge in [-0.2, -0.15) is 0 Å². The lowest BCUT2D eigenvalue weighted by molar-refractivity contribution is -0.116. The van der Waals surface area contributed by atoms with Gasteiger partial charge in [-0.25, -0.2) is 0 Å². The van der Waals surface area contributed by atoms with Crippen molar-refractivity contribution in [3.8, 4) is 0 Å². The summed E-state index contributed by atoms with van der Waals surface area (Å²) in [5.41, 5.74) is 0.191. The van der Waals surface area contributed by atoms with Crippen LogP contribution in [-0.4, -0.2) is 57.6 Å². The Morgan fingerprint density at radius 2 is 1.60 bits per heavy atom. The van der Waals surface area contributed by atoms with Gasteiger partial charge in [-0.1, -0.05) is 12.1 Å². The number of aryl methyl sites for hydroxylation is 1. The topological polar surface area (TPSA) is 109 Å². The predicted molar refractivity (Wildman–Crippen MR) is 107 cm³/mol. The molecule has 9 nitrogen and oxygen atoms in total. The zero-order chi connectivity index (χ0) is 21.4. The first-order chi connectivity index (χ1) is 14.4. The molecule has 3 heterocycles. The number of carbonyl (C=O) groups is 4. The molecule has 9 heteroatoms. The van der Waals surface area contributed by atoms with Gasteiger partial charge in [0.25, 0.3) is 23.3 Å². The first kappa shape index (κ1) is 19.6. The fourth-order valence-corrected chi connectivity index (χ4v) is 3.74. The van der Waals surface area contributed by atoms with Crippen LogP contribution in [0.25, 0.3) is 0 Å². The second-order valence-electron chi connectivity index (χ2n) is 7.35. The van der Waals surface area contributed by atoms with Gasteiger partial charge in [-0.05, 0) is 31.0 Å². The number of amides is 4. The number of imide groups is 1. The van der Waals surface area contributed by atoms with Crippen LogP contribution in [0.1, 0.15) is 43.9 Å². The van der Waals surface area contributed by atoms with Crippen LogP contribution in [0.15, 0.2) is 41.3 Å². The maximum absolute atomic E-state index is 12.6. The van der Waals surface area contributed by atoms with Gasteiger partial charge in [0.1, 0.15) is 12.2 Å². The molecule has 1 aromatic heterocycles. The van der Waals surface area contributed by atoms with E-state index in [4.69, 9.17) is 0 Å². The summed E-state index contributed by atoms with van der Waals surface area (Å²) in [6.45, 7) is 0.784. The Morgan fingerprint density at radius 1 is 1.00 bits per heavy atom. The lowest BCUT2D eigenvalue weighted by Crippen LogP contribution is -2.38. The Labute approximate surface area is 171 Å². The van der Waals surface area contributed by atoms with Crippen molar-refractivity contribution in [1.82, 2.24) is 14.4 Å². The van der Waals surface area contributed by atoms with Crippen molar-refractivity contribution in [3.05, 3.63) is 63.6 Å². The molecule has 4 rings (SSSR count). The molecule has 2 aromatic rings. The number of hydrogen-bond acceptors (Lipinski definition) is 5. The normalized spacial score (nSPS) is 15.5. The number of pyridine rings is 1. The van der Waals surface area contributed by atoms with E-state index in [1.807, 2.05) is 0 Å². The molecular formula is C21H20N4O5. The quantitative estimate of drug-likeness (QED) is 0.755. The van der Waals surface area contributed by atoms with E-state index in [1.165, 1.54) is 36.0 Å². The standard InChI is InChI=1S/C21H20N4O5/c1-23-11-13(18(27)24-8-4-5-9-24)10-16(21(23)30)22-17(26)12-25-19(28)14-6-2-3-7-15(14)20(25)29/h2-3,6-7,10-11H,4-5,8-9,12H2,1H3,(H,22,26). The molecule has 0 aliphatic carbocycles. The summed E-state index contributed by atoms with van der Waals surface area (Å²) < 4.78 is 1.22. The number of anilines is 1. The summed E-state index contributed by atoms with van der Waals surface area (Å²) in [6, 6.07) is 7.66. The van der Waals surface area contributed by atoms with E-state index in [9.17, 15) is 24.0 Å². The SMILES string of the molecule is Cn1cc(C(=O)N2CCCC2)cc(NC(=O)CN2C(=O)c3ccccc3C2=O)c1=O. The molecule has 30 heavy (non-hydrogen) atoms. The monoisotopic (exact) mass is 408 g/mol. The van der Waals surface area contributed by atoms with E-state index < -0.39 is 29.8 Å². The van der Waals surface area contributed by atoms with Gasteiger partial charge in [0.05, 0.1) is 16.7 Å². The minimum absolute atomic E-state index is 0.0795. The van der Waals surface area contributed by atoms with Gasteiger partial charge in [0.15, 0.2) is 0 Å². The Morgan fingerprint density at radius 3 is 2.20 bits per heavy atom. The van der Waals surface area contributed by atoms with Crippen molar-refractivity contribution >= 4 is 29.3 Å². The summed E-state index contributed by atoms with van der Waals surface area (Å²) in [4.78, 5) is 64.9. The second kappa shape index (κ2) is 7.58. The van der Waals surface area contributed by atoms with Gasteiger partial charge in [-0.15, -0.1) is 0 Å². The molecule has 2 aliphatic rings. The van der Waals surface area contributed by atoms with Gasteiger partial charge >= 0.3 is 0 Å². The van der Waals surface area contributed by atoms with Crippen molar-refractivity contribution in [1.29, 1.82) is 0 Å². The molecule has 1 N–H and O–H groups in total. The van der Waals surface area contributed by atoms with Crippen molar-refractivity contribution in [3.63, 3.8) is 0 Å². The second-order valence-corrected chi connectivity index (χ2v) is 7.35. The van der Waals surface area contributed by atoms with E-state index >= 15 is 0 Å². The Balaban J connectivity index is 1.52. The van der Waals surface area contributed by atoms with E-state index in [-0.39, 0.29) is 28.3 Å². The van der Waals surface area contributed by atoms with E-state index in [1.54, 1.807) is 17.0 Å². The number of aromatic nitrogens is 1. The van der Waals surface area contributed by atoms with Crippen LogP contribution in [0.4, 0.5) is 5.69 Å². The highest BCUT2D eigenvalue weighted by Gasteiger charge is 2.36. The van der Waals surface area contributed by atoms with Gasteiger partial charge in [0, 0.05) is 26.3 Å². The minimum Gasteiger partial charge on any atom is -0.339 e. The fraction of sp³-hybridized carbons (Fsp3) is 0.286. The molecule has 154 valence electrons. The Bertz CT molecular complexity index is 1100. The molecule has 1 saturated heterocycles. The molecule has 0 atom stereocenters. The van der Waals surface area contributed by atoms with E-state index in [0.717, 1.165) is 17.7 Å². The zero-order valence-electron chi connectivity index (χ0n) is 16.4. The van der Waals surface area contributed by atoms with Crippen LogP contribution < -0.4 is 10.9 Å². The molecule has 0 saturated carbocycles. The third-order valence-electron chi connectivity index (χ3n) is 5.28. The number of nitrogens with zero attached hydrogens (tertiary/aromatic N) is 3. The minimum atomic E-state index is -0.702. The molecule has 1 fully saturated rings. The average Bonchev–Trinajstić information content (AvgIpc) is 3.35. The summed E-state index contributed by atoms with van der Waals surface area (Å²) in [5, 5.41) is 2.44. The highest BCUT2D eigenvalue weighted by molar-refractivity contribution is 6.22. The third-order valence-corrected chi connectivity index (χ3v) is 5.28. The van der Waals surface area contributed by atoms with Crippen molar-refractivity contribution < 1.29 is 19.2 Å². The summed E-state index contributed by atoms with van der Waals surface area (Å²) in [5.74, 6) is -2.03. The lowest BCUT2D eigenvalue weighted by atomic mass is 10.1.